The number of benzene rings is 3. The number of carbonyl (C=O) groups excluding carboxylic acids is 1. The number of anilines is 1. The standard InChI is InChI=1S/C24H13Cl2I2N3O2/c25-19-6-5-18(10-20(19)26)31-24(32)17(12-30)7-14-8-21(27)23(22(28)9-14)33-13-16-4-2-1-3-15(16)11-29/h1-10H,13H2,(H,31,32)/b17-7+. The van der Waals surface area contributed by atoms with Crippen LogP contribution in [-0.4, -0.2) is 5.91 Å². The lowest BCUT2D eigenvalue weighted by Crippen LogP contribution is -2.13. The van der Waals surface area contributed by atoms with Crippen molar-refractivity contribution in [2.75, 3.05) is 5.32 Å². The van der Waals surface area contributed by atoms with Crippen molar-refractivity contribution in [3.63, 3.8) is 0 Å². The normalized spacial score (nSPS) is 10.8. The Bertz CT molecular complexity index is 1320. The number of amides is 1. The Kier molecular flexibility index (Phi) is 8.98. The number of nitrogens with zero attached hydrogens (tertiary/aromatic N) is 2. The molecule has 0 saturated carbocycles. The number of nitriles is 2. The van der Waals surface area contributed by atoms with Gasteiger partial charge in [0.05, 0.1) is 28.8 Å². The van der Waals surface area contributed by atoms with Gasteiger partial charge in [0.2, 0.25) is 0 Å². The summed E-state index contributed by atoms with van der Waals surface area (Å²) in [5.41, 5.74) is 2.40. The van der Waals surface area contributed by atoms with Crippen molar-refractivity contribution >= 4 is 86.1 Å². The molecule has 3 aromatic carbocycles. The van der Waals surface area contributed by atoms with Gasteiger partial charge in [0, 0.05) is 11.3 Å². The van der Waals surface area contributed by atoms with Gasteiger partial charge in [0.1, 0.15) is 24.0 Å². The molecule has 0 bridgehead atoms. The smallest absolute Gasteiger partial charge is 0.266 e. The summed E-state index contributed by atoms with van der Waals surface area (Å²) in [4.78, 5) is 12.6. The number of ether oxygens (including phenoxy) is 1. The molecule has 0 aromatic heterocycles. The van der Waals surface area contributed by atoms with Crippen molar-refractivity contribution < 1.29 is 9.53 Å². The van der Waals surface area contributed by atoms with E-state index in [1.165, 1.54) is 12.1 Å². The lowest BCUT2D eigenvalue weighted by Gasteiger charge is -2.12. The van der Waals surface area contributed by atoms with Crippen LogP contribution in [-0.2, 0) is 11.4 Å². The minimum absolute atomic E-state index is 0.0655. The highest BCUT2D eigenvalue weighted by Crippen LogP contribution is 2.31. The highest BCUT2D eigenvalue weighted by atomic mass is 127. The predicted molar refractivity (Wildman–Crippen MR) is 146 cm³/mol. The van der Waals surface area contributed by atoms with Gasteiger partial charge in [-0.1, -0.05) is 41.4 Å². The van der Waals surface area contributed by atoms with Crippen LogP contribution in [0.2, 0.25) is 10.0 Å². The van der Waals surface area contributed by atoms with E-state index in [1.807, 2.05) is 30.3 Å². The maximum absolute atomic E-state index is 12.6. The van der Waals surface area contributed by atoms with Crippen LogP contribution in [0.3, 0.4) is 0 Å². The summed E-state index contributed by atoms with van der Waals surface area (Å²) in [7, 11) is 0. The number of halogens is 4. The molecular formula is C24H13Cl2I2N3O2. The molecule has 0 aliphatic heterocycles. The Morgan fingerprint density at radius 2 is 1.73 bits per heavy atom. The van der Waals surface area contributed by atoms with Crippen molar-refractivity contribution in [3.05, 3.63) is 94.0 Å². The third-order valence-corrected chi connectivity index (χ3v) is 6.73. The first-order chi connectivity index (χ1) is 15.8. The van der Waals surface area contributed by atoms with E-state index in [1.54, 1.807) is 24.3 Å². The number of carbonyl (C=O) groups is 1. The topological polar surface area (TPSA) is 85.9 Å². The molecular weight excluding hydrogens is 687 g/mol. The van der Waals surface area contributed by atoms with Crippen molar-refractivity contribution in [1.29, 1.82) is 10.5 Å². The molecule has 0 spiro atoms. The van der Waals surface area contributed by atoms with E-state index in [0.717, 1.165) is 12.7 Å². The summed E-state index contributed by atoms with van der Waals surface area (Å²) in [6.07, 6.45) is 1.51. The molecule has 0 aliphatic carbocycles. The lowest BCUT2D eigenvalue weighted by molar-refractivity contribution is -0.112. The molecule has 3 rings (SSSR count). The summed E-state index contributed by atoms with van der Waals surface area (Å²) < 4.78 is 7.59. The summed E-state index contributed by atoms with van der Waals surface area (Å²) >= 11 is 16.2. The van der Waals surface area contributed by atoms with Gasteiger partial charge >= 0.3 is 0 Å². The number of hydrogen-bond donors (Lipinski definition) is 1. The fourth-order valence-corrected chi connectivity index (χ4v) is 5.22. The maximum Gasteiger partial charge on any atom is 0.266 e. The van der Waals surface area contributed by atoms with Gasteiger partial charge in [-0.2, -0.15) is 10.5 Å². The highest BCUT2D eigenvalue weighted by Gasteiger charge is 2.14. The Morgan fingerprint density at radius 1 is 1.03 bits per heavy atom. The third kappa shape index (κ3) is 6.61. The van der Waals surface area contributed by atoms with Gasteiger partial charge in [-0.05, 0) is 93.2 Å². The van der Waals surface area contributed by atoms with Gasteiger partial charge in [0.25, 0.3) is 5.91 Å². The van der Waals surface area contributed by atoms with Crippen molar-refractivity contribution in [1.82, 2.24) is 0 Å². The average Bonchev–Trinajstić information content (AvgIpc) is 2.79. The molecule has 0 radical (unpaired) electrons. The Balaban J connectivity index is 1.79. The zero-order valence-corrected chi connectivity index (χ0v) is 22.5. The number of rotatable bonds is 6. The molecule has 9 heteroatoms. The first-order valence-electron chi connectivity index (χ1n) is 9.30. The second-order valence-corrected chi connectivity index (χ2v) is 9.76. The maximum atomic E-state index is 12.6. The van der Waals surface area contributed by atoms with Crippen LogP contribution in [0.1, 0.15) is 16.7 Å². The third-order valence-electron chi connectivity index (χ3n) is 4.38. The minimum atomic E-state index is -0.561. The van der Waals surface area contributed by atoms with E-state index in [0.29, 0.717) is 32.6 Å². The summed E-state index contributed by atoms with van der Waals surface area (Å²) in [5.74, 6) is 0.106. The molecule has 33 heavy (non-hydrogen) atoms. The van der Waals surface area contributed by atoms with Gasteiger partial charge in [0.15, 0.2) is 0 Å². The first-order valence-corrected chi connectivity index (χ1v) is 12.2. The molecule has 0 unspecified atom stereocenters. The SMILES string of the molecule is N#C/C(=C\c1cc(I)c(OCc2ccccc2C#N)c(I)c1)C(=O)Nc1ccc(Cl)c(Cl)c1. The van der Waals surface area contributed by atoms with E-state index in [2.05, 4.69) is 56.6 Å². The zero-order valence-electron chi connectivity index (χ0n) is 16.7. The first kappa shape index (κ1) is 25.3. The van der Waals surface area contributed by atoms with E-state index in [4.69, 9.17) is 27.9 Å². The Morgan fingerprint density at radius 3 is 2.36 bits per heavy atom. The van der Waals surface area contributed by atoms with Crippen LogP contribution in [0, 0.1) is 29.8 Å². The van der Waals surface area contributed by atoms with Gasteiger partial charge in [-0.25, -0.2) is 0 Å². The second kappa shape index (κ2) is 11.7. The van der Waals surface area contributed by atoms with Crippen LogP contribution < -0.4 is 10.1 Å². The highest BCUT2D eigenvalue weighted by molar-refractivity contribution is 14.1. The molecule has 5 nitrogen and oxygen atoms in total. The second-order valence-electron chi connectivity index (χ2n) is 6.62. The van der Waals surface area contributed by atoms with Crippen molar-refractivity contribution in [2.24, 2.45) is 0 Å². The van der Waals surface area contributed by atoms with Gasteiger partial charge in [-0.3, -0.25) is 4.79 Å². The average molecular weight is 700 g/mol. The molecule has 3 aromatic rings. The molecule has 0 fully saturated rings. The van der Waals surface area contributed by atoms with Crippen LogP contribution in [0.5, 0.6) is 5.75 Å². The molecule has 1 amide bonds. The molecule has 0 heterocycles. The molecule has 0 atom stereocenters. The lowest BCUT2D eigenvalue weighted by atomic mass is 10.1. The van der Waals surface area contributed by atoms with E-state index >= 15 is 0 Å². The summed E-state index contributed by atoms with van der Waals surface area (Å²) in [6.45, 7) is 0.250. The van der Waals surface area contributed by atoms with E-state index in [-0.39, 0.29) is 12.2 Å². The Labute approximate surface area is 228 Å². The molecule has 164 valence electrons. The summed E-state index contributed by atoms with van der Waals surface area (Å²) in [5, 5.41) is 22.1. The summed E-state index contributed by atoms with van der Waals surface area (Å²) in [6, 6.07) is 19.7. The van der Waals surface area contributed by atoms with Gasteiger partial charge in [-0.15, -0.1) is 0 Å². The van der Waals surface area contributed by atoms with Crippen LogP contribution in [0.4, 0.5) is 5.69 Å². The molecule has 0 aliphatic rings. The van der Waals surface area contributed by atoms with Crippen LogP contribution >= 0.6 is 68.4 Å². The fourth-order valence-electron chi connectivity index (χ4n) is 2.79. The van der Waals surface area contributed by atoms with Crippen molar-refractivity contribution in [2.45, 2.75) is 6.61 Å². The largest absolute Gasteiger partial charge is 0.487 e. The minimum Gasteiger partial charge on any atom is -0.487 e. The Hall–Kier alpha value is -2.31. The fraction of sp³-hybridized carbons (Fsp3) is 0.0417. The van der Waals surface area contributed by atoms with E-state index in [9.17, 15) is 15.3 Å². The zero-order chi connectivity index (χ0) is 24.0. The monoisotopic (exact) mass is 699 g/mol. The van der Waals surface area contributed by atoms with Gasteiger partial charge < -0.3 is 10.1 Å². The van der Waals surface area contributed by atoms with Crippen LogP contribution in [0.15, 0.2) is 60.2 Å². The number of hydrogen-bond acceptors (Lipinski definition) is 4. The predicted octanol–water partition coefficient (Wildman–Crippen LogP) is 7.20. The van der Waals surface area contributed by atoms with Crippen molar-refractivity contribution in [3.8, 4) is 17.9 Å². The molecule has 1 N–H and O–H groups in total. The molecule has 0 saturated heterocycles. The van der Waals surface area contributed by atoms with E-state index < -0.39 is 5.91 Å². The quantitative estimate of drug-likeness (QED) is 0.168. The van der Waals surface area contributed by atoms with Crippen LogP contribution in [0.25, 0.3) is 6.08 Å². The number of nitrogens with one attached hydrogen (secondary N) is 1.